The van der Waals surface area contributed by atoms with E-state index in [1.54, 1.807) is 24.3 Å². The third-order valence-electron chi connectivity index (χ3n) is 4.57. The molecule has 1 atom stereocenters. The standard InChI is InChI=1S/C22H25N3O5/c1-14-7-6-10-19(23-14)15(2)30-25-21(29-13-16-11-12-16)18-9-5-4-8-17(18)20(22(26)27)24-28-3/h4-10,15-16H,11-13H2,1-3H3,(H,26,27). The fourth-order valence-corrected chi connectivity index (χ4v) is 2.78. The van der Waals surface area contributed by atoms with Gasteiger partial charge in [-0.3, -0.25) is 4.98 Å². The first kappa shape index (κ1) is 21.3. The van der Waals surface area contributed by atoms with Crippen molar-refractivity contribution >= 4 is 17.6 Å². The lowest BCUT2D eigenvalue weighted by molar-refractivity contribution is -0.129. The second-order valence-corrected chi connectivity index (χ2v) is 7.08. The lowest BCUT2D eigenvalue weighted by Gasteiger charge is -2.15. The molecule has 0 amide bonds. The molecule has 1 saturated carbocycles. The van der Waals surface area contributed by atoms with Crippen LogP contribution in [0.25, 0.3) is 0 Å². The first-order valence-electron chi connectivity index (χ1n) is 9.74. The van der Waals surface area contributed by atoms with Gasteiger partial charge in [0.25, 0.3) is 5.90 Å². The third kappa shape index (κ3) is 5.56. The predicted molar refractivity (Wildman–Crippen MR) is 111 cm³/mol. The summed E-state index contributed by atoms with van der Waals surface area (Å²) in [6.45, 7) is 4.23. The summed E-state index contributed by atoms with van der Waals surface area (Å²) >= 11 is 0. The molecule has 1 unspecified atom stereocenters. The molecule has 3 rings (SSSR count). The number of hydrogen-bond acceptors (Lipinski definition) is 7. The molecule has 8 nitrogen and oxygen atoms in total. The van der Waals surface area contributed by atoms with Gasteiger partial charge >= 0.3 is 5.97 Å². The Morgan fingerprint density at radius 1 is 1.17 bits per heavy atom. The van der Waals surface area contributed by atoms with Crippen LogP contribution in [0.4, 0.5) is 0 Å². The van der Waals surface area contributed by atoms with Crippen molar-refractivity contribution in [2.45, 2.75) is 32.8 Å². The normalized spacial score (nSPS) is 15.4. The molecule has 1 aliphatic carbocycles. The van der Waals surface area contributed by atoms with E-state index in [9.17, 15) is 9.90 Å². The van der Waals surface area contributed by atoms with Crippen LogP contribution in [0.2, 0.25) is 0 Å². The highest BCUT2D eigenvalue weighted by molar-refractivity contribution is 6.43. The van der Waals surface area contributed by atoms with Gasteiger partial charge < -0.3 is 19.5 Å². The summed E-state index contributed by atoms with van der Waals surface area (Å²) in [6.07, 6.45) is 1.79. The molecule has 158 valence electrons. The largest absolute Gasteiger partial charge is 0.476 e. The van der Waals surface area contributed by atoms with Gasteiger partial charge in [0.2, 0.25) is 0 Å². The quantitative estimate of drug-likeness (QED) is 0.383. The second-order valence-electron chi connectivity index (χ2n) is 7.08. The lowest BCUT2D eigenvalue weighted by Crippen LogP contribution is -2.21. The van der Waals surface area contributed by atoms with Gasteiger partial charge in [-0.1, -0.05) is 29.4 Å². The van der Waals surface area contributed by atoms with Crippen LogP contribution < -0.4 is 0 Å². The molecule has 1 aromatic carbocycles. The SMILES string of the molecule is CON=C(C(=O)O)c1ccccc1C(=NOC(C)c1cccc(C)n1)OCC1CC1. The molecule has 2 aromatic rings. The Morgan fingerprint density at radius 3 is 2.53 bits per heavy atom. The van der Waals surface area contributed by atoms with Crippen LogP contribution >= 0.6 is 0 Å². The molecule has 1 aliphatic rings. The maximum absolute atomic E-state index is 11.7. The van der Waals surface area contributed by atoms with Gasteiger partial charge in [0.15, 0.2) is 11.8 Å². The van der Waals surface area contributed by atoms with Crippen molar-refractivity contribution in [2.24, 2.45) is 16.2 Å². The van der Waals surface area contributed by atoms with Crippen LogP contribution in [0, 0.1) is 12.8 Å². The molecule has 0 spiro atoms. The minimum atomic E-state index is -1.22. The fourth-order valence-electron chi connectivity index (χ4n) is 2.78. The van der Waals surface area contributed by atoms with E-state index >= 15 is 0 Å². The number of hydrogen-bond donors (Lipinski definition) is 1. The number of pyridine rings is 1. The van der Waals surface area contributed by atoms with Crippen LogP contribution in [-0.2, 0) is 19.2 Å². The zero-order valence-electron chi connectivity index (χ0n) is 17.2. The number of carbonyl (C=O) groups is 1. The van der Waals surface area contributed by atoms with Crippen LogP contribution in [0.1, 0.15) is 48.4 Å². The number of oxime groups is 2. The van der Waals surface area contributed by atoms with E-state index in [0.717, 1.165) is 24.2 Å². The van der Waals surface area contributed by atoms with E-state index < -0.39 is 12.1 Å². The number of nitrogens with zero attached hydrogens (tertiary/aromatic N) is 3. The molecule has 0 bridgehead atoms. The Bertz CT molecular complexity index is 953. The number of carboxylic acid groups (broad SMARTS) is 1. The zero-order chi connectivity index (χ0) is 21.5. The summed E-state index contributed by atoms with van der Waals surface area (Å²) in [5.41, 5.74) is 2.15. The summed E-state index contributed by atoms with van der Waals surface area (Å²) < 4.78 is 5.93. The molecule has 0 radical (unpaired) electrons. The lowest BCUT2D eigenvalue weighted by atomic mass is 10.0. The van der Waals surface area contributed by atoms with Gasteiger partial charge in [0, 0.05) is 16.8 Å². The number of rotatable bonds is 9. The molecule has 1 N–H and O–H groups in total. The Balaban J connectivity index is 1.92. The Labute approximate surface area is 175 Å². The van der Waals surface area contributed by atoms with Gasteiger partial charge in [-0.25, -0.2) is 4.79 Å². The second kappa shape index (κ2) is 9.87. The smallest absolute Gasteiger partial charge is 0.358 e. The Hall–Kier alpha value is -3.42. The highest BCUT2D eigenvalue weighted by Crippen LogP contribution is 2.29. The number of aliphatic carboxylic acids is 1. The van der Waals surface area contributed by atoms with Crippen molar-refractivity contribution < 1.29 is 24.3 Å². The van der Waals surface area contributed by atoms with Crippen molar-refractivity contribution in [3.8, 4) is 0 Å². The van der Waals surface area contributed by atoms with Crippen molar-refractivity contribution in [1.29, 1.82) is 0 Å². The molecular weight excluding hydrogens is 386 g/mol. The summed E-state index contributed by atoms with van der Waals surface area (Å²) in [5.74, 6) is -0.545. The first-order valence-corrected chi connectivity index (χ1v) is 9.74. The van der Waals surface area contributed by atoms with Gasteiger partial charge in [0.1, 0.15) is 7.11 Å². The topological polar surface area (TPSA) is 103 Å². The van der Waals surface area contributed by atoms with Crippen LogP contribution in [0.3, 0.4) is 0 Å². The number of benzene rings is 1. The molecule has 1 heterocycles. The molecule has 1 aromatic heterocycles. The van der Waals surface area contributed by atoms with E-state index in [2.05, 4.69) is 15.3 Å². The summed E-state index contributed by atoms with van der Waals surface area (Å²) in [7, 11) is 1.30. The third-order valence-corrected chi connectivity index (χ3v) is 4.57. The van der Waals surface area contributed by atoms with Gasteiger partial charge in [0.05, 0.1) is 12.3 Å². The molecule has 0 saturated heterocycles. The predicted octanol–water partition coefficient (Wildman–Crippen LogP) is 3.69. The average Bonchev–Trinajstić information content (AvgIpc) is 3.56. The van der Waals surface area contributed by atoms with Crippen molar-refractivity contribution in [3.05, 3.63) is 65.0 Å². The first-order chi connectivity index (χ1) is 14.5. The van der Waals surface area contributed by atoms with E-state index in [1.807, 2.05) is 32.0 Å². The molecular formula is C22H25N3O5. The van der Waals surface area contributed by atoms with Gasteiger partial charge in [-0.05, 0) is 56.0 Å². The minimum absolute atomic E-state index is 0.196. The minimum Gasteiger partial charge on any atom is -0.476 e. The van der Waals surface area contributed by atoms with E-state index in [0.29, 0.717) is 23.7 Å². The maximum atomic E-state index is 11.7. The van der Waals surface area contributed by atoms with Crippen LogP contribution in [-0.4, -0.2) is 41.4 Å². The van der Waals surface area contributed by atoms with E-state index in [-0.39, 0.29) is 11.6 Å². The summed E-state index contributed by atoms with van der Waals surface area (Å²) in [5, 5.41) is 17.4. The number of carboxylic acids is 1. The molecule has 30 heavy (non-hydrogen) atoms. The van der Waals surface area contributed by atoms with Crippen LogP contribution in [0.15, 0.2) is 52.8 Å². The highest BCUT2D eigenvalue weighted by atomic mass is 16.7. The highest BCUT2D eigenvalue weighted by Gasteiger charge is 2.26. The fraction of sp³-hybridized carbons (Fsp3) is 0.364. The number of aromatic nitrogens is 1. The van der Waals surface area contributed by atoms with Crippen LogP contribution in [0.5, 0.6) is 0 Å². The Morgan fingerprint density at radius 2 is 1.90 bits per heavy atom. The molecule has 8 heteroatoms. The number of ether oxygens (including phenoxy) is 1. The monoisotopic (exact) mass is 411 g/mol. The maximum Gasteiger partial charge on any atom is 0.358 e. The van der Waals surface area contributed by atoms with E-state index in [1.165, 1.54) is 7.11 Å². The van der Waals surface area contributed by atoms with Gasteiger partial charge in [-0.15, -0.1) is 0 Å². The summed E-state index contributed by atoms with van der Waals surface area (Å²) in [6, 6.07) is 12.5. The number of aryl methyl sites for hydroxylation is 1. The van der Waals surface area contributed by atoms with E-state index in [4.69, 9.17) is 14.4 Å². The Kier molecular flexibility index (Phi) is 7.00. The van der Waals surface area contributed by atoms with Crippen molar-refractivity contribution in [3.63, 3.8) is 0 Å². The molecule has 0 aliphatic heterocycles. The van der Waals surface area contributed by atoms with Crippen molar-refractivity contribution in [1.82, 2.24) is 4.98 Å². The average molecular weight is 411 g/mol. The van der Waals surface area contributed by atoms with Gasteiger partial charge in [-0.2, -0.15) is 0 Å². The summed E-state index contributed by atoms with van der Waals surface area (Å²) in [4.78, 5) is 26.6. The molecule has 1 fully saturated rings. The van der Waals surface area contributed by atoms with Crippen molar-refractivity contribution in [2.75, 3.05) is 13.7 Å². The zero-order valence-corrected chi connectivity index (χ0v) is 17.2.